The molecule has 2 aliphatic rings. The van der Waals surface area contributed by atoms with Crippen LogP contribution in [0.4, 0.5) is 13.2 Å². The lowest BCUT2D eigenvalue weighted by atomic mass is 10.1. The van der Waals surface area contributed by atoms with Crippen LogP contribution >= 0.6 is 11.8 Å². The second-order valence-corrected chi connectivity index (χ2v) is 8.44. The zero-order valence-electron chi connectivity index (χ0n) is 16.7. The number of halogens is 3. The van der Waals surface area contributed by atoms with E-state index >= 15 is 0 Å². The minimum Gasteiger partial charge on any atom is -0.348 e. The maximum absolute atomic E-state index is 13.7. The smallest absolute Gasteiger partial charge is 0.252 e. The summed E-state index contributed by atoms with van der Waals surface area (Å²) in [6.45, 7) is 0.457. The summed E-state index contributed by atoms with van der Waals surface area (Å²) in [7, 11) is 0. The van der Waals surface area contributed by atoms with E-state index in [1.165, 1.54) is 28.8 Å². The van der Waals surface area contributed by atoms with E-state index in [1.807, 2.05) is 0 Å². The summed E-state index contributed by atoms with van der Waals surface area (Å²) in [6, 6.07) is 2.60. The van der Waals surface area contributed by atoms with Crippen molar-refractivity contribution in [1.82, 2.24) is 10.2 Å². The van der Waals surface area contributed by atoms with Crippen LogP contribution < -0.4 is 5.31 Å². The van der Waals surface area contributed by atoms with Gasteiger partial charge in [-0.1, -0.05) is 12.8 Å². The lowest BCUT2D eigenvalue weighted by Gasteiger charge is -2.31. The van der Waals surface area contributed by atoms with Crippen LogP contribution in [0.1, 0.15) is 60.9 Å². The lowest BCUT2D eigenvalue weighted by Crippen LogP contribution is -2.42. The molecular formula is C20H25F3N2O2S. The normalized spacial score (nSPS) is 19.0. The Bertz CT molecular complexity index is 768. The topological polar surface area (TPSA) is 49.4 Å². The third kappa shape index (κ3) is 5.43. The monoisotopic (exact) mass is 415 g/mol. The molecule has 0 aromatic heterocycles. The summed E-state index contributed by atoms with van der Waals surface area (Å²) in [5.41, 5.74) is 0.991. The number of carbonyl (C=O) groups excluding carboxylic acids is 2. The zero-order valence-corrected chi connectivity index (χ0v) is 16.5. The number of alkyl halides is 2. The van der Waals surface area contributed by atoms with Gasteiger partial charge in [0.2, 0.25) is 5.91 Å². The van der Waals surface area contributed by atoms with E-state index in [9.17, 15) is 22.8 Å². The van der Waals surface area contributed by atoms with E-state index in [-0.39, 0.29) is 43.9 Å². The number of hydrogen-bond donors (Lipinski definition) is 1. The number of benzene rings is 1. The second-order valence-electron chi connectivity index (χ2n) is 7.30. The van der Waals surface area contributed by atoms with E-state index in [2.05, 4.69) is 0 Å². The molecule has 0 atom stereocenters. The Labute approximate surface area is 168 Å². The zero-order chi connectivity index (χ0) is 21.0. The molecule has 28 heavy (non-hydrogen) atoms. The van der Waals surface area contributed by atoms with Gasteiger partial charge in [0.05, 0.1) is 0 Å². The molecule has 1 fully saturated rings. The molecule has 0 radical (unpaired) electrons. The standard InChI is InChI=1S/C20H25F3N2O2S/c21-14-11-15-16(13-24-19(15)27)17(12-14)28-10-4-2-1-3-5-18(26)25-8-6-20(22,23)7-9-25/h11-12H,1-10,13H2,(H,24,27)/i/hD. The summed E-state index contributed by atoms with van der Waals surface area (Å²) in [6.07, 6.45) is 3.30. The number of likely N-dealkylation sites (tertiary alicyclic amines) is 1. The Hall–Kier alpha value is -1.70. The highest BCUT2D eigenvalue weighted by molar-refractivity contribution is 7.99. The van der Waals surface area contributed by atoms with Crippen LogP contribution in [-0.2, 0) is 11.3 Å². The molecule has 0 aliphatic carbocycles. The van der Waals surface area contributed by atoms with Gasteiger partial charge in [0.25, 0.3) is 11.8 Å². The number of carbonyl (C=O) groups is 2. The molecule has 0 spiro atoms. The van der Waals surface area contributed by atoms with Gasteiger partial charge in [-0.2, -0.15) is 0 Å². The minimum absolute atomic E-state index is 0.0465. The lowest BCUT2D eigenvalue weighted by molar-refractivity contribution is -0.137. The quantitative estimate of drug-likeness (QED) is 0.507. The largest absolute Gasteiger partial charge is 0.348 e. The van der Waals surface area contributed by atoms with Gasteiger partial charge < -0.3 is 10.2 Å². The summed E-state index contributed by atoms with van der Waals surface area (Å²) in [5, 5.41) is 0.842. The van der Waals surface area contributed by atoms with Crippen molar-refractivity contribution in [2.24, 2.45) is 0 Å². The molecular weight excluding hydrogens is 389 g/mol. The predicted molar refractivity (Wildman–Crippen MR) is 102 cm³/mol. The number of hydrogen-bond acceptors (Lipinski definition) is 3. The average molecular weight is 415 g/mol. The highest BCUT2D eigenvalue weighted by Gasteiger charge is 2.35. The van der Waals surface area contributed by atoms with Gasteiger partial charge in [-0.15, -0.1) is 11.8 Å². The van der Waals surface area contributed by atoms with Crippen LogP contribution in [0.15, 0.2) is 17.0 Å². The van der Waals surface area contributed by atoms with Crippen LogP contribution in [0, 0.1) is 5.82 Å². The third-order valence-electron chi connectivity index (χ3n) is 5.18. The number of amides is 2. The van der Waals surface area contributed by atoms with Gasteiger partial charge in [0.15, 0.2) is 1.41 Å². The Balaban J connectivity index is 1.33. The highest BCUT2D eigenvalue weighted by Crippen LogP contribution is 2.31. The number of thioether (sulfide) groups is 1. The van der Waals surface area contributed by atoms with Crippen molar-refractivity contribution in [1.29, 1.82) is 0 Å². The van der Waals surface area contributed by atoms with Gasteiger partial charge in [0, 0.05) is 49.4 Å². The number of nitrogens with one attached hydrogen (secondary N) is 1. The minimum atomic E-state index is -2.64. The Morgan fingerprint density at radius 3 is 2.68 bits per heavy atom. The van der Waals surface area contributed by atoms with Crippen molar-refractivity contribution in [3.05, 3.63) is 29.1 Å². The van der Waals surface area contributed by atoms with Crippen LogP contribution in [0.2, 0.25) is 1.41 Å². The first-order valence-corrected chi connectivity index (χ1v) is 10.7. The molecule has 8 heteroatoms. The maximum Gasteiger partial charge on any atom is 0.252 e. The summed E-state index contributed by atoms with van der Waals surface area (Å²) in [4.78, 5) is 26.2. The molecule has 2 heterocycles. The molecule has 1 N–H and O–H groups in total. The fraction of sp³-hybridized carbons (Fsp3) is 0.600. The summed E-state index contributed by atoms with van der Waals surface area (Å²) >= 11 is 1.48. The molecule has 0 saturated carbocycles. The second kappa shape index (κ2) is 9.20. The highest BCUT2D eigenvalue weighted by atomic mass is 32.2. The van der Waals surface area contributed by atoms with Crippen LogP contribution in [0.5, 0.6) is 0 Å². The first-order valence-electron chi connectivity index (χ1n) is 10.1. The molecule has 0 bridgehead atoms. The fourth-order valence-electron chi connectivity index (χ4n) is 3.49. The number of unbranched alkanes of at least 4 members (excludes halogenated alkanes) is 3. The van der Waals surface area contributed by atoms with Crippen molar-refractivity contribution in [2.45, 2.75) is 62.3 Å². The molecule has 4 nitrogen and oxygen atoms in total. The van der Waals surface area contributed by atoms with Crippen LogP contribution in [-0.4, -0.2) is 41.5 Å². The number of nitrogens with zero attached hydrogens (tertiary/aromatic N) is 1. The molecule has 3 rings (SSSR count). The Morgan fingerprint density at radius 2 is 1.93 bits per heavy atom. The van der Waals surface area contributed by atoms with Crippen molar-refractivity contribution >= 4 is 23.6 Å². The van der Waals surface area contributed by atoms with E-state index < -0.39 is 17.6 Å². The van der Waals surface area contributed by atoms with Crippen molar-refractivity contribution in [3.8, 4) is 0 Å². The Morgan fingerprint density at radius 1 is 1.21 bits per heavy atom. The first-order chi connectivity index (χ1) is 13.8. The number of rotatable bonds is 8. The molecule has 0 unspecified atom stereocenters. The predicted octanol–water partition coefficient (Wildman–Crippen LogP) is 4.37. The van der Waals surface area contributed by atoms with Crippen molar-refractivity contribution in [2.75, 3.05) is 18.8 Å². The molecule has 1 aromatic rings. The van der Waals surface area contributed by atoms with E-state index in [4.69, 9.17) is 1.41 Å². The SMILES string of the molecule is [2H]N1Cc2c(SCCCCCCC(=O)N3CCC(F)(F)CC3)cc(F)cc2C1=O. The van der Waals surface area contributed by atoms with Gasteiger partial charge in [0.1, 0.15) is 5.82 Å². The van der Waals surface area contributed by atoms with Crippen LogP contribution in [0.25, 0.3) is 0 Å². The van der Waals surface area contributed by atoms with Gasteiger partial charge in [-0.25, -0.2) is 13.2 Å². The third-order valence-corrected chi connectivity index (χ3v) is 6.34. The fourth-order valence-corrected chi connectivity index (χ4v) is 4.60. The first kappa shape index (κ1) is 19.6. The van der Waals surface area contributed by atoms with Crippen molar-refractivity contribution < 1.29 is 24.2 Å². The molecule has 1 saturated heterocycles. The Kier molecular flexibility index (Phi) is 6.44. The molecule has 154 valence electrons. The summed E-state index contributed by atoms with van der Waals surface area (Å²) in [5.74, 6) is -2.86. The molecule has 1 aromatic carbocycles. The van der Waals surface area contributed by atoms with Gasteiger partial charge in [-0.05, 0) is 36.3 Å². The van der Waals surface area contributed by atoms with Crippen molar-refractivity contribution in [3.63, 3.8) is 0 Å². The van der Waals surface area contributed by atoms with E-state index in [0.717, 1.165) is 36.7 Å². The average Bonchev–Trinajstić information content (AvgIpc) is 2.95. The maximum atomic E-state index is 13.7. The number of fused-ring (bicyclic) bond motifs is 1. The molecule has 2 amide bonds. The van der Waals surface area contributed by atoms with Crippen LogP contribution in [0.3, 0.4) is 0 Å². The number of piperidine rings is 1. The summed E-state index contributed by atoms with van der Waals surface area (Å²) < 4.78 is 47.6. The van der Waals surface area contributed by atoms with Gasteiger partial charge >= 0.3 is 0 Å². The van der Waals surface area contributed by atoms with E-state index in [1.54, 1.807) is 0 Å². The van der Waals surface area contributed by atoms with Gasteiger partial charge in [-0.3, -0.25) is 9.59 Å². The molecule has 2 aliphatic heterocycles. The van der Waals surface area contributed by atoms with E-state index in [0.29, 0.717) is 16.9 Å².